The number of benzene rings is 1. The van der Waals surface area contributed by atoms with Gasteiger partial charge in [-0.25, -0.2) is 12.7 Å². The van der Waals surface area contributed by atoms with E-state index in [1.807, 2.05) is 6.92 Å². The number of rotatable bonds is 6. The second-order valence-corrected chi connectivity index (χ2v) is 7.47. The molecule has 0 bridgehead atoms. The number of ether oxygens (including phenoxy) is 1. The molecule has 7 heteroatoms. The number of anilines is 1. The summed E-state index contributed by atoms with van der Waals surface area (Å²) in [6.45, 7) is 2.55. The van der Waals surface area contributed by atoms with E-state index >= 15 is 0 Å². The van der Waals surface area contributed by atoms with Gasteiger partial charge in [0.1, 0.15) is 4.90 Å². The number of nitrogens with zero attached hydrogens (tertiary/aromatic N) is 1. The molecule has 0 aliphatic heterocycles. The minimum absolute atomic E-state index is 0.0279. The van der Waals surface area contributed by atoms with E-state index in [2.05, 4.69) is 5.32 Å². The van der Waals surface area contributed by atoms with E-state index in [1.54, 1.807) is 24.3 Å². The van der Waals surface area contributed by atoms with Crippen LogP contribution in [0.4, 0.5) is 5.69 Å². The lowest BCUT2D eigenvalue weighted by Gasteiger charge is -2.43. The molecule has 6 nitrogen and oxygen atoms in total. The summed E-state index contributed by atoms with van der Waals surface area (Å²) in [6.07, 6.45) is 0.814. The highest BCUT2D eigenvalue weighted by Gasteiger charge is 2.40. The lowest BCUT2D eigenvalue weighted by Crippen LogP contribution is -2.60. The van der Waals surface area contributed by atoms with Crippen LogP contribution in [0, 0.1) is 0 Å². The Balaban J connectivity index is 2.25. The molecule has 3 atom stereocenters. The summed E-state index contributed by atoms with van der Waals surface area (Å²) in [5, 5.41) is 3.24. The zero-order chi connectivity index (χ0) is 15.6. The van der Waals surface area contributed by atoms with Crippen molar-refractivity contribution in [2.24, 2.45) is 5.73 Å². The van der Waals surface area contributed by atoms with Crippen LogP contribution in [-0.4, -0.2) is 51.6 Å². The van der Waals surface area contributed by atoms with Gasteiger partial charge in [0.15, 0.2) is 0 Å². The predicted molar refractivity (Wildman–Crippen MR) is 82.7 cm³/mol. The van der Waals surface area contributed by atoms with E-state index in [0.29, 0.717) is 12.3 Å². The van der Waals surface area contributed by atoms with Crippen molar-refractivity contribution >= 4 is 15.7 Å². The molecule has 0 saturated heterocycles. The number of hydrogen-bond acceptors (Lipinski definition) is 5. The average molecular weight is 313 g/mol. The Morgan fingerprint density at radius 3 is 2.62 bits per heavy atom. The number of sulfonamides is 1. The largest absolute Gasteiger partial charge is 0.377 e. The molecule has 1 aromatic rings. The maximum Gasteiger partial charge on any atom is 0.244 e. The Hall–Kier alpha value is -1.15. The Morgan fingerprint density at radius 1 is 1.38 bits per heavy atom. The van der Waals surface area contributed by atoms with Crippen molar-refractivity contribution < 1.29 is 13.2 Å². The summed E-state index contributed by atoms with van der Waals surface area (Å²) in [5.74, 6) is 0. The monoisotopic (exact) mass is 313 g/mol. The van der Waals surface area contributed by atoms with E-state index in [-0.39, 0.29) is 23.1 Å². The van der Waals surface area contributed by atoms with Crippen molar-refractivity contribution in [3.05, 3.63) is 24.3 Å². The molecular formula is C14H23N3O3S. The van der Waals surface area contributed by atoms with Crippen LogP contribution in [0.15, 0.2) is 29.2 Å². The molecule has 2 rings (SSSR count). The van der Waals surface area contributed by atoms with Crippen molar-refractivity contribution in [1.29, 1.82) is 0 Å². The molecule has 1 aliphatic rings. The molecule has 0 spiro atoms. The SMILES string of the molecule is CCOC1CC(N)C1Nc1ccccc1S(=O)(=O)N(C)C. The zero-order valence-corrected chi connectivity index (χ0v) is 13.4. The lowest BCUT2D eigenvalue weighted by molar-refractivity contribution is -0.0126. The molecule has 1 aromatic carbocycles. The van der Waals surface area contributed by atoms with E-state index in [0.717, 1.165) is 6.42 Å². The lowest BCUT2D eigenvalue weighted by atomic mass is 9.83. The number of hydrogen-bond donors (Lipinski definition) is 2. The summed E-state index contributed by atoms with van der Waals surface area (Å²) < 4.78 is 31.5. The van der Waals surface area contributed by atoms with Crippen molar-refractivity contribution in [1.82, 2.24) is 4.31 Å². The first-order chi connectivity index (χ1) is 9.87. The Labute approximate surface area is 126 Å². The van der Waals surface area contributed by atoms with Gasteiger partial charge in [0.25, 0.3) is 0 Å². The van der Waals surface area contributed by atoms with Crippen LogP contribution in [0.25, 0.3) is 0 Å². The van der Waals surface area contributed by atoms with Crippen LogP contribution in [0.5, 0.6) is 0 Å². The van der Waals surface area contributed by atoms with Gasteiger partial charge >= 0.3 is 0 Å². The summed E-state index contributed by atoms with van der Waals surface area (Å²) in [5.41, 5.74) is 6.57. The van der Waals surface area contributed by atoms with E-state index in [4.69, 9.17) is 10.5 Å². The highest BCUT2D eigenvalue weighted by molar-refractivity contribution is 7.89. The molecule has 21 heavy (non-hydrogen) atoms. The smallest absolute Gasteiger partial charge is 0.244 e. The predicted octanol–water partition coefficient (Wildman–Crippen LogP) is 0.853. The van der Waals surface area contributed by atoms with Crippen molar-refractivity contribution in [2.45, 2.75) is 36.4 Å². The Kier molecular flexibility index (Phi) is 4.88. The maximum atomic E-state index is 12.4. The quantitative estimate of drug-likeness (QED) is 0.813. The molecule has 1 aliphatic carbocycles. The second-order valence-electron chi connectivity index (χ2n) is 5.35. The Morgan fingerprint density at radius 2 is 2.05 bits per heavy atom. The van der Waals surface area contributed by atoms with Gasteiger partial charge in [0.2, 0.25) is 10.0 Å². The molecule has 118 valence electrons. The summed E-state index contributed by atoms with van der Waals surface area (Å²) in [4.78, 5) is 0.254. The van der Waals surface area contributed by atoms with Gasteiger partial charge in [-0.15, -0.1) is 0 Å². The second kappa shape index (κ2) is 6.31. The first-order valence-electron chi connectivity index (χ1n) is 7.03. The van der Waals surface area contributed by atoms with Crippen molar-refractivity contribution in [2.75, 3.05) is 26.0 Å². The highest BCUT2D eigenvalue weighted by Crippen LogP contribution is 2.30. The Bertz CT molecular complexity index is 587. The van der Waals surface area contributed by atoms with Crippen molar-refractivity contribution in [3.63, 3.8) is 0 Å². The van der Waals surface area contributed by atoms with Gasteiger partial charge in [-0.05, 0) is 25.5 Å². The molecule has 1 saturated carbocycles. The van der Waals surface area contributed by atoms with Crippen LogP contribution >= 0.6 is 0 Å². The first kappa shape index (κ1) is 16.2. The third-order valence-corrected chi connectivity index (χ3v) is 5.59. The number of para-hydroxylation sites is 1. The standard InChI is InChI=1S/C14H23N3O3S/c1-4-20-12-9-10(15)14(12)16-11-7-5-6-8-13(11)21(18,19)17(2)3/h5-8,10,12,14,16H,4,9,15H2,1-3H3. The fraction of sp³-hybridized carbons (Fsp3) is 0.571. The summed E-state index contributed by atoms with van der Waals surface area (Å²) in [6, 6.07) is 6.77. The molecule has 0 aromatic heterocycles. The van der Waals surface area contributed by atoms with Crippen LogP contribution in [0.3, 0.4) is 0 Å². The van der Waals surface area contributed by atoms with E-state index < -0.39 is 10.0 Å². The van der Waals surface area contributed by atoms with Crippen LogP contribution in [-0.2, 0) is 14.8 Å². The fourth-order valence-corrected chi connectivity index (χ4v) is 3.46. The van der Waals surface area contributed by atoms with E-state index in [1.165, 1.54) is 18.4 Å². The molecule has 3 unspecified atom stereocenters. The van der Waals surface area contributed by atoms with Crippen LogP contribution in [0.1, 0.15) is 13.3 Å². The van der Waals surface area contributed by atoms with Gasteiger partial charge in [-0.3, -0.25) is 0 Å². The van der Waals surface area contributed by atoms with Gasteiger partial charge in [-0.1, -0.05) is 12.1 Å². The topological polar surface area (TPSA) is 84.7 Å². The summed E-state index contributed by atoms with van der Waals surface area (Å²) in [7, 11) is -0.459. The maximum absolute atomic E-state index is 12.4. The van der Waals surface area contributed by atoms with Crippen molar-refractivity contribution in [3.8, 4) is 0 Å². The first-order valence-corrected chi connectivity index (χ1v) is 8.47. The third kappa shape index (κ3) is 3.21. The summed E-state index contributed by atoms with van der Waals surface area (Å²) >= 11 is 0. The molecule has 3 N–H and O–H groups in total. The molecule has 0 heterocycles. The number of nitrogens with one attached hydrogen (secondary N) is 1. The van der Waals surface area contributed by atoms with Gasteiger partial charge < -0.3 is 15.8 Å². The van der Waals surface area contributed by atoms with Crippen LogP contribution in [0.2, 0.25) is 0 Å². The zero-order valence-electron chi connectivity index (χ0n) is 12.6. The van der Waals surface area contributed by atoms with Gasteiger partial charge in [0, 0.05) is 26.7 Å². The molecule has 0 radical (unpaired) electrons. The normalized spacial score (nSPS) is 25.7. The third-order valence-electron chi connectivity index (χ3n) is 3.71. The molecule has 0 amide bonds. The molecule has 1 fully saturated rings. The number of nitrogens with two attached hydrogens (primary N) is 1. The minimum atomic E-state index is -3.50. The van der Waals surface area contributed by atoms with Crippen LogP contribution < -0.4 is 11.1 Å². The minimum Gasteiger partial charge on any atom is -0.377 e. The average Bonchev–Trinajstić information content (AvgIpc) is 2.45. The molecular weight excluding hydrogens is 290 g/mol. The van der Waals surface area contributed by atoms with E-state index in [9.17, 15) is 8.42 Å². The highest BCUT2D eigenvalue weighted by atomic mass is 32.2. The van der Waals surface area contributed by atoms with Gasteiger partial charge in [0.05, 0.1) is 17.8 Å². The van der Waals surface area contributed by atoms with Gasteiger partial charge in [-0.2, -0.15) is 0 Å². The fourth-order valence-electron chi connectivity index (χ4n) is 2.41.